The fourth-order valence-corrected chi connectivity index (χ4v) is 9.35. The van der Waals surface area contributed by atoms with E-state index in [2.05, 4.69) is 77.8 Å². The second kappa shape index (κ2) is 17.6. The molecule has 2 aliphatic carbocycles. The second-order valence-electron chi connectivity index (χ2n) is 18.1. The molecule has 66 heavy (non-hydrogen) atoms. The number of carbonyl (C=O) groups excluding carboxylic acids is 2. The maximum Gasteiger partial charge on any atom is 0.265 e. The van der Waals surface area contributed by atoms with Crippen LogP contribution in [0.4, 0.5) is 11.4 Å². The third-order valence-electron chi connectivity index (χ3n) is 13.4. The maximum absolute atomic E-state index is 12.9. The highest BCUT2D eigenvalue weighted by Gasteiger charge is 2.36. The lowest BCUT2D eigenvalue weighted by molar-refractivity contribution is -0.122. The Kier molecular flexibility index (Phi) is 11.4. The zero-order chi connectivity index (χ0) is 45.4. The molecule has 4 aliphatic rings. The van der Waals surface area contributed by atoms with Crippen LogP contribution in [0.25, 0.3) is 44.8 Å². The molecule has 2 aliphatic heterocycles. The Bertz CT molecular complexity index is 2880. The summed E-state index contributed by atoms with van der Waals surface area (Å²) >= 11 is 0. The number of hydrogen-bond donors (Lipinski definition) is 2. The lowest BCUT2D eigenvalue weighted by Gasteiger charge is -2.38. The number of hydrogen-bond acceptors (Lipinski definition) is 9. The van der Waals surface area contributed by atoms with E-state index in [4.69, 9.17) is 30.9 Å². The highest BCUT2D eigenvalue weighted by atomic mass is 16.5. The molecule has 11 heteroatoms. The smallest absolute Gasteiger partial charge is 0.265 e. The number of nitrogens with zero attached hydrogens (tertiary/aromatic N) is 5. The zero-order valence-corrected chi connectivity index (χ0v) is 37.3. The van der Waals surface area contributed by atoms with Gasteiger partial charge in [-0.05, 0) is 98.9 Å². The van der Waals surface area contributed by atoms with Crippen molar-refractivity contribution >= 4 is 23.2 Å². The largest absolute Gasteiger partial charge is 0.466 e. The summed E-state index contributed by atoms with van der Waals surface area (Å²) in [4.78, 5) is 43.1. The van der Waals surface area contributed by atoms with Crippen molar-refractivity contribution in [1.29, 1.82) is 0 Å². The van der Waals surface area contributed by atoms with Crippen LogP contribution in [0.1, 0.15) is 69.2 Å². The average Bonchev–Trinajstić information content (AvgIpc) is 3.33. The van der Waals surface area contributed by atoms with Crippen molar-refractivity contribution in [2.24, 2.45) is 11.5 Å². The first-order valence-electron chi connectivity index (χ1n) is 22.9. The van der Waals surface area contributed by atoms with Gasteiger partial charge in [-0.3, -0.25) is 19.5 Å². The average molecular weight is 876 g/mol. The first-order valence-corrected chi connectivity index (χ1v) is 22.9. The van der Waals surface area contributed by atoms with Crippen LogP contribution >= 0.6 is 0 Å². The number of pyridine rings is 3. The third kappa shape index (κ3) is 8.20. The molecule has 4 N–H and O–H groups in total. The number of carbonyl (C=O) groups is 2. The first-order chi connectivity index (χ1) is 32.1. The number of benzene rings is 4. The van der Waals surface area contributed by atoms with Gasteiger partial charge in [-0.1, -0.05) is 115 Å². The van der Waals surface area contributed by atoms with Crippen LogP contribution in [-0.4, -0.2) is 46.0 Å². The van der Waals surface area contributed by atoms with Crippen molar-refractivity contribution in [2.45, 2.75) is 76.0 Å². The van der Waals surface area contributed by atoms with E-state index in [9.17, 15) is 9.59 Å². The van der Waals surface area contributed by atoms with Gasteiger partial charge in [0.2, 0.25) is 11.8 Å². The van der Waals surface area contributed by atoms with Crippen LogP contribution in [-0.2, 0) is 27.2 Å². The number of aromatic nitrogens is 3. The molecule has 332 valence electrons. The monoisotopic (exact) mass is 875 g/mol. The number of nitrogens with two attached hydrogens (primary N) is 2. The second-order valence-corrected chi connectivity index (χ2v) is 18.1. The van der Waals surface area contributed by atoms with Gasteiger partial charge >= 0.3 is 0 Å². The lowest BCUT2D eigenvalue weighted by atomic mass is 9.72. The van der Waals surface area contributed by atoms with Crippen LogP contribution in [0.15, 0.2) is 146 Å². The van der Waals surface area contributed by atoms with E-state index < -0.39 is 0 Å². The van der Waals surface area contributed by atoms with E-state index in [-0.39, 0.29) is 42.1 Å². The van der Waals surface area contributed by atoms with Gasteiger partial charge in [-0.25, -0.2) is 9.97 Å². The molecule has 0 atom stereocenters. The van der Waals surface area contributed by atoms with E-state index in [0.717, 1.165) is 87.4 Å². The van der Waals surface area contributed by atoms with Gasteiger partial charge in [-0.15, -0.1) is 0 Å². The van der Waals surface area contributed by atoms with Crippen molar-refractivity contribution in [1.82, 2.24) is 15.0 Å². The Labute approximate surface area is 385 Å². The molecule has 2 amide bonds. The fourth-order valence-electron chi connectivity index (χ4n) is 9.35. The standard InChI is InChI=1S/C29H26N4O2.C26H27N3O2/c30-29(14-6-15-29)22-12-10-21(11-13-22)27-24(20-7-2-1-3-8-20)17-25-28(32-27)35-19-26(34)33(25)18-23-9-4-5-16-31-23;1-17(2)29-22-15-21(18-7-4-3-5-8-18)24(28-25(22)31-16-23(29)30)19-9-11-20(12-10-19)26(27)13-6-14-26/h1-5,7-13,16-17H,6,14-15,18-19,30H2;3-5,7-12,15,17H,6,13-14,16,27H2,1-2H3. The molecule has 0 saturated heterocycles. The molecule has 0 spiro atoms. The van der Waals surface area contributed by atoms with E-state index in [1.54, 1.807) is 16.0 Å². The fraction of sp³-hybridized carbons (Fsp3) is 0.255. The van der Waals surface area contributed by atoms with Crippen molar-refractivity contribution < 1.29 is 19.1 Å². The summed E-state index contributed by atoms with van der Waals surface area (Å²) in [5.41, 5.74) is 24.8. The zero-order valence-electron chi connectivity index (χ0n) is 37.3. The molecule has 3 aromatic heterocycles. The Balaban J connectivity index is 0.000000156. The van der Waals surface area contributed by atoms with Crippen LogP contribution in [0, 0.1) is 0 Å². The minimum Gasteiger partial charge on any atom is -0.466 e. The minimum atomic E-state index is -0.209. The summed E-state index contributed by atoms with van der Waals surface area (Å²) in [6.07, 6.45) is 8.20. The first kappa shape index (κ1) is 42.7. The summed E-state index contributed by atoms with van der Waals surface area (Å²) in [5, 5.41) is 0. The summed E-state index contributed by atoms with van der Waals surface area (Å²) < 4.78 is 11.6. The molecule has 0 radical (unpaired) electrons. The molecule has 5 heterocycles. The van der Waals surface area contributed by atoms with E-state index in [1.165, 1.54) is 18.4 Å². The number of fused-ring (bicyclic) bond motifs is 2. The highest BCUT2D eigenvalue weighted by molar-refractivity contribution is 6.00. The molecule has 11 rings (SSSR count). The summed E-state index contributed by atoms with van der Waals surface area (Å²) in [6, 6.07) is 46.9. The summed E-state index contributed by atoms with van der Waals surface area (Å²) in [7, 11) is 0. The molecule has 2 fully saturated rings. The topological polar surface area (TPSA) is 150 Å². The molecular weight excluding hydrogens is 823 g/mol. The van der Waals surface area contributed by atoms with E-state index >= 15 is 0 Å². The number of ether oxygens (including phenoxy) is 2. The van der Waals surface area contributed by atoms with Crippen LogP contribution in [0.2, 0.25) is 0 Å². The molecular formula is C55H53N7O4. The minimum absolute atomic E-state index is 0.0108. The van der Waals surface area contributed by atoms with Gasteiger partial charge in [0.25, 0.3) is 11.8 Å². The van der Waals surface area contributed by atoms with Gasteiger partial charge < -0.3 is 25.8 Å². The molecule has 7 aromatic rings. The van der Waals surface area contributed by atoms with Crippen LogP contribution < -0.4 is 30.7 Å². The summed E-state index contributed by atoms with van der Waals surface area (Å²) in [5.74, 6) is 0.791. The predicted molar refractivity (Wildman–Crippen MR) is 259 cm³/mol. The van der Waals surface area contributed by atoms with Gasteiger partial charge in [0.05, 0.1) is 23.6 Å². The molecule has 0 unspecified atom stereocenters. The number of amides is 2. The Morgan fingerprint density at radius 3 is 1.50 bits per heavy atom. The normalized spacial score (nSPS) is 16.7. The van der Waals surface area contributed by atoms with Gasteiger partial charge in [0.15, 0.2) is 13.2 Å². The van der Waals surface area contributed by atoms with Gasteiger partial charge in [0.1, 0.15) is 11.4 Å². The van der Waals surface area contributed by atoms with Gasteiger partial charge in [-0.2, -0.15) is 0 Å². The molecule has 11 nitrogen and oxygen atoms in total. The molecule has 2 saturated carbocycles. The van der Waals surface area contributed by atoms with Crippen LogP contribution in [0.5, 0.6) is 11.8 Å². The number of anilines is 2. The Morgan fingerprint density at radius 2 is 1.05 bits per heavy atom. The van der Waals surface area contributed by atoms with Crippen molar-refractivity contribution in [3.05, 3.63) is 163 Å². The van der Waals surface area contributed by atoms with Crippen molar-refractivity contribution in [3.8, 4) is 56.5 Å². The quantitative estimate of drug-likeness (QED) is 0.145. The summed E-state index contributed by atoms with van der Waals surface area (Å²) in [6.45, 7) is 4.33. The van der Waals surface area contributed by atoms with E-state index in [0.29, 0.717) is 24.0 Å². The Hall–Kier alpha value is -7.21. The maximum atomic E-state index is 12.9. The number of rotatable bonds is 9. The van der Waals surface area contributed by atoms with Crippen LogP contribution in [0.3, 0.4) is 0 Å². The molecule has 0 bridgehead atoms. The Morgan fingerprint density at radius 1 is 0.576 bits per heavy atom. The molecule has 4 aromatic carbocycles. The van der Waals surface area contributed by atoms with Crippen molar-refractivity contribution in [3.63, 3.8) is 0 Å². The SMILES string of the molecule is CC(C)N1C(=O)COc2nc(-c3ccc(C4(N)CCC4)cc3)c(-c3ccccc3)cc21.NC1(c2ccc(-c3nc4c(cc3-c3ccccc3)N(Cc3ccccn3)C(=O)CO4)cc2)CCC1. The van der Waals surface area contributed by atoms with E-state index in [1.807, 2.05) is 80.6 Å². The predicted octanol–water partition coefficient (Wildman–Crippen LogP) is 9.96. The highest BCUT2D eigenvalue weighted by Crippen LogP contribution is 2.45. The lowest BCUT2D eigenvalue weighted by Crippen LogP contribution is -2.43. The van der Waals surface area contributed by atoms with Gasteiger partial charge in [0, 0.05) is 45.6 Å². The third-order valence-corrected chi connectivity index (χ3v) is 13.4. The van der Waals surface area contributed by atoms with Crippen molar-refractivity contribution in [2.75, 3.05) is 23.0 Å².